The molecule has 2 aromatic rings. The number of thiophene rings is 1. The molecule has 0 bridgehead atoms. The van der Waals surface area contributed by atoms with Crippen molar-refractivity contribution in [1.82, 2.24) is 4.90 Å². The number of nitrogens with one attached hydrogen (secondary N) is 1. The fourth-order valence-electron chi connectivity index (χ4n) is 3.12. The summed E-state index contributed by atoms with van der Waals surface area (Å²) >= 11 is 1.46. The second-order valence-electron chi connectivity index (χ2n) is 6.16. The first-order chi connectivity index (χ1) is 11.6. The second kappa shape index (κ2) is 8.47. The van der Waals surface area contributed by atoms with Crippen molar-refractivity contribution in [2.45, 2.75) is 19.4 Å². The Morgan fingerprint density at radius 2 is 2.08 bits per heavy atom. The van der Waals surface area contributed by atoms with E-state index in [1.54, 1.807) is 23.6 Å². The van der Waals surface area contributed by atoms with Crippen LogP contribution in [-0.4, -0.2) is 35.8 Å². The van der Waals surface area contributed by atoms with Crippen LogP contribution in [0.3, 0.4) is 0 Å². The van der Waals surface area contributed by atoms with E-state index < -0.39 is 0 Å². The molecule has 7 heteroatoms. The van der Waals surface area contributed by atoms with Gasteiger partial charge in [-0.05, 0) is 49.4 Å². The van der Waals surface area contributed by atoms with Gasteiger partial charge in [0.25, 0.3) is 11.8 Å². The maximum absolute atomic E-state index is 12.9. The highest BCUT2D eigenvalue weighted by molar-refractivity contribution is 7.08. The largest absolute Gasteiger partial charge is 0.336 e. The smallest absolute Gasteiger partial charge is 0.256 e. The topological polar surface area (TPSA) is 75.4 Å². The monoisotopic (exact) mass is 379 g/mol. The van der Waals surface area contributed by atoms with Crippen molar-refractivity contribution in [2.75, 3.05) is 18.4 Å². The quantitative estimate of drug-likeness (QED) is 0.856. The van der Waals surface area contributed by atoms with Gasteiger partial charge in [-0.15, -0.1) is 12.4 Å². The maximum Gasteiger partial charge on any atom is 0.256 e. The minimum Gasteiger partial charge on any atom is -0.336 e. The van der Waals surface area contributed by atoms with Gasteiger partial charge >= 0.3 is 0 Å². The van der Waals surface area contributed by atoms with E-state index in [2.05, 4.69) is 5.32 Å². The number of nitrogens with two attached hydrogens (primary N) is 1. The number of likely N-dealkylation sites (tertiary alicyclic amines) is 1. The summed E-state index contributed by atoms with van der Waals surface area (Å²) in [6.45, 7) is 3.30. The summed E-state index contributed by atoms with van der Waals surface area (Å²) < 4.78 is 0. The Balaban J connectivity index is 0.00000225. The number of nitrogens with zero attached hydrogens (tertiary/aromatic N) is 1. The molecule has 3 rings (SSSR count). The van der Waals surface area contributed by atoms with Crippen LogP contribution < -0.4 is 11.1 Å². The Hall–Kier alpha value is -1.89. The zero-order chi connectivity index (χ0) is 17.1. The lowest BCUT2D eigenvalue weighted by Gasteiger charge is -2.23. The molecule has 2 atom stereocenters. The SMILES string of the molecule is CC1CC(CN)CN1C(=O)c1ccccc1NC(=O)c1ccsc1.Cl. The Morgan fingerprint density at radius 1 is 1.32 bits per heavy atom. The molecule has 1 aliphatic heterocycles. The standard InChI is InChI=1S/C18H21N3O2S.ClH/c1-12-8-13(9-19)10-21(12)18(23)15-4-2-3-5-16(15)20-17(22)14-6-7-24-11-14;/h2-7,11-13H,8-10,19H2,1H3,(H,20,22);1H. The number of anilines is 1. The van der Waals surface area contributed by atoms with Crippen LogP contribution in [-0.2, 0) is 0 Å². The van der Waals surface area contributed by atoms with Gasteiger partial charge in [-0.25, -0.2) is 0 Å². The van der Waals surface area contributed by atoms with Crippen molar-refractivity contribution in [3.05, 3.63) is 52.2 Å². The van der Waals surface area contributed by atoms with Crippen LogP contribution in [0, 0.1) is 5.92 Å². The molecule has 0 radical (unpaired) electrons. The summed E-state index contributed by atoms with van der Waals surface area (Å²) in [5.41, 5.74) is 7.41. The molecule has 0 spiro atoms. The van der Waals surface area contributed by atoms with Crippen molar-refractivity contribution >= 4 is 41.2 Å². The van der Waals surface area contributed by atoms with E-state index in [9.17, 15) is 9.59 Å². The lowest BCUT2D eigenvalue weighted by Crippen LogP contribution is -2.35. The number of para-hydroxylation sites is 1. The van der Waals surface area contributed by atoms with Crippen LogP contribution in [0.25, 0.3) is 0 Å². The fourth-order valence-corrected chi connectivity index (χ4v) is 3.75. The molecule has 1 aliphatic rings. The van der Waals surface area contributed by atoms with Crippen LogP contribution in [0.2, 0.25) is 0 Å². The van der Waals surface area contributed by atoms with E-state index in [0.29, 0.717) is 35.8 Å². The zero-order valence-corrected chi connectivity index (χ0v) is 15.6. The van der Waals surface area contributed by atoms with Crippen molar-refractivity contribution in [3.63, 3.8) is 0 Å². The third-order valence-electron chi connectivity index (χ3n) is 4.44. The summed E-state index contributed by atoms with van der Waals surface area (Å²) in [5, 5.41) is 6.49. The average molecular weight is 380 g/mol. The van der Waals surface area contributed by atoms with Gasteiger partial charge in [0.1, 0.15) is 0 Å². The van der Waals surface area contributed by atoms with Crippen molar-refractivity contribution in [3.8, 4) is 0 Å². The number of halogens is 1. The van der Waals surface area contributed by atoms with Gasteiger partial charge in [0.15, 0.2) is 0 Å². The summed E-state index contributed by atoms with van der Waals surface area (Å²) in [6, 6.07) is 9.07. The van der Waals surface area contributed by atoms with Crippen LogP contribution >= 0.6 is 23.7 Å². The molecular weight excluding hydrogens is 358 g/mol. The van der Waals surface area contributed by atoms with Gasteiger partial charge in [-0.2, -0.15) is 11.3 Å². The molecule has 25 heavy (non-hydrogen) atoms. The van der Waals surface area contributed by atoms with E-state index in [0.717, 1.165) is 6.42 Å². The molecule has 134 valence electrons. The molecule has 0 saturated carbocycles. The number of carbonyl (C=O) groups excluding carboxylic acids is 2. The lowest BCUT2D eigenvalue weighted by atomic mass is 10.1. The molecule has 1 fully saturated rings. The Kier molecular flexibility index (Phi) is 6.58. The lowest BCUT2D eigenvalue weighted by molar-refractivity contribution is 0.0744. The normalized spacial score (nSPS) is 19.4. The molecule has 2 unspecified atom stereocenters. The Morgan fingerprint density at radius 3 is 2.72 bits per heavy atom. The fraction of sp³-hybridized carbons (Fsp3) is 0.333. The minimum absolute atomic E-state index is 0. The third-order valence-corrected chi connectivity index (χ3v) is 5.13. The highest BCUT2D eigenvalue weighted by atomic mass is 35.5. The molecule has 0 aliphatic carbocycles. The number of rotatable bonds is 4. The first-order valence-electron chi connectivity index (χ1n) is 8.03. The number of hydrogen-bond donors (Lipinski definition) is 2. The first-order valence-corrected chi connectivity index (χ1v) is 8.98. The van der Waals surface area contributed by atoms with Gasteiger partial charge in [-0.1, -0.05) is 12.1 Å². The predicted molar refractivity (Wildman–Crippen MR) is 104 cm³/mol. The predicted octanol–water partition coefficient (Wildman–Crippen LogP) is 3.23. The van der Waals surface area contributed by atoms with Crippen LogP contribution in [0.1, 0.15) is 34.1 Å². The highest BCUT2D eigenvalue weighted by Crippen LogP contribution is 2.27. The maximum atomic E-state index is 12.9. The summed E-state index contributed by atoms with van der Waals surface area (Å²) in [7, 11) is 0. The summed E-state index contributed by atoms with van der Waals surface area (Å²) in [5.74, 6) is 0.0852. The average Bonchev–Trinajstić information content (AvgIpc) is 3.24. The van der Waals surface area contributed by atoms with Gasteiger partial charge in [0.2, 0.25) is 0 Å². The second-order valence-corrected chi connectivity index (χ2v) is 6.94. The number of amides is 2. The third kappa shape index (κ3) is 4.21. The highest BCUT2D eigenvalue weighted by Gasteiger charge is 2.33. The van der Waals surface area contributed by atoms with E-state index >= 15 is 0 Å². The molecule has 3 N–H and O–H groups in total. The van der Waals surface area contributed by atoms with Crippen LogP contribution in [0.4, 0.5) is 5.69 Å². The molecule has 5 nitrogen and oxygen atoms in total. The van der Waals surface area contributed by atoms with Crippen LogP contribution in [0.5, 0.6) is 0 Å². The van der Waals surface area contributed by atoms with Gasteiger partial charge in [-0.3, -0.25) is 9.59 Å². The molecule has 1 aromatic carbocycles. The van der Waals surface area contributed by atoms with Gasteiger partial charge in [0.05, 0.1) is 16.8 Å². The minimum atomic E-state index is -0.203. The Labute approximate surface area is 157 Å². The number of benzene rings is 1. The number of hydrogen-bond acceptors (Lipinski definition) is 4. The molecule has 2 amide bonds. The van der Waals surface area contributed by atoms with E-state index in [4.69, 9.17) is 5.73 Å². The first kappa shape index (κ1) is 19.4. The molecule has 1 saturated heterocycles. The van der Waals surface area contributed by atoms with Crippen LogP contribution in [0.15, 0.2) is 41.1 Å². The van der Waals surface area contributed by atoms with Gasteiger partial charge < -0.3 is 16.0 Å². The van der Waals surface area contributed by atoms with Crippen molar-refractivity contribution in [1.29, 1.82) is 0 Å². The van der Waals surface area contributed by atoms with Gasteiger partial charge in [0, 0.05) is 18.0 Å². The molecular formula is C18H22ClN3O2S. The summed E-state index contributed by atoms with van der Waals surface area (Å²) in [4.78, 5) is 27.1. The molecule has 1 aromatic heterocycles. The van der Waals surface area contributed by atoms with Crippen molar-refractivity contribution < 1.29 is 9.59 Å². The van der Waals surface area contributed by atoms with E-state index in [1.807, 2.05) is 29.3 Å². The van der Waals surface area contributed by atoms with Crippen molar-refractivity contribution in [2.24, 2.45) is 11.7 Å². The summed E-state index contributed by atoms with van der Waals surface area (Å²) in [6.07, 6.45) is 0.922. The Bertz CT molecular complexity index is 736. The van der Waals surface area contributed by atoms with E-state index in [1.165, 1.54) is 11.3 Å². The van der Waals surface area contributed by atoms with E-state index in [-0.39, 0.29) is 30.3 Å². The zero-order valence-electron chi connectivity index (χ0n) is 14.0. The molecule has 2 heterocycles. The number of carbonyl (C=O) groups is 2.